The van der Waals surface area contributed by atoms with Crippen LogP contribution in [0.25, 0.3) is 10.8 Å². The number of phenolic OH excluding ortho intramolecular Hbond substituents is 1. The molecule has 0 aliphatic heterocycles. The van der Waals surface area contributed by atoms with Crippen LogP contribution in [0.1, 0.15) is 17.0 Å². The number of rotatable bonds is 4. The number of hydrogen-bond acceptors (Lipinski definition) is 3. The van der Waals surface area contributed by atoms with Gasteiger partial charge in [-0.2, -0.15) is 0 Å². The molecule has 4 rings (SSSR count). The third-order valence-electron chi connectivity index (χ3n) is 4.91. The lowest BCUT2D eigenvalue weighted by atomic mass is 9.90. The number of nitrogens with one attached hydrogen (secondary N) is 2. The van der Waals surface area contributed by atoms with Crippen molar-refractivity contribution in [3.8, 4) is 5.75 Å². The van der Waals surface area contributed by atoms with E-state index in [4.69, 9.17) is 12.2 Å². The molecule has 0 radical (unpaired) electrons. The Morgan fingerprint density at radius 1 is 0.733 bits per heavy atom. The van der Waals surface area contributed by atoms with E-state index in [0.29, 0.717) is 11.1 Å². The van der Waals surface area contributed by atoms with Crippen molar-refractivity contribution >= 4 is 39.7 Å². The molecule has 0 aromatic heterocycles. The van der Waals surface area contributed by atoms with Crippen LogP contribution in [0.2, 0.25) is 0 Å². The van der Waals surface area contributed by atoms with Crippen LogP contribution in [0, 0.1) is 0 Å². The van der Waals surface area contributed by atoms with E-state index in [1.807, 2.05) is 84.9 Å². The SMILES string of the molecule is O=C(NC(=S)Nc1cccc2c(O)cccc12)C(c1ccccc1)c1ccccc1. The molecule has 3 N–H and O–H groups in total. The Labute approximate surface area is 180 Å². The van der Waals surface area contributed by atoms with Crippen LogP contribution in [-0.4, -0.2) is 16.1 Å². The van der Waals surface area contributed by atoms with Crippen molar-refractivity contribution in [1.82, 2.24) is 5.32 Å². The zero-order chi connectivity index (χ0) is 20.9. The quantitative estimate of drug-likeness (QED) is 0.404. The molecule has 5 heteroatoms. The Bertz CT molecular complexity index is 1150. The van der Waals surface area contributed by atoms with E-state index in [2.05, 4.69) is 10.6 Å². The minimum atomic E-state index is -0.483. The van der Waals surface area contributed by atoms with Crippen molar-refractivity contribution < 1.29 is 9.90 Å². The lowest BCUT2D eigenvalue weighted by Gasteiger charge is -2.19. The maximum atomic E-state index is 13.2. The van der Waals surface area contributed by atoms with Gasteiger partial charge in [-0.05, 0) is 35.5 Å². The van der Waals surface area contributed by atoms with Gasteiger partial charge in [-0.15, -0.1) is 0 Å². The van der Waals surface area contributed by atoms with Crippen molar-refractivity contribution in [2.24, 2.45) is 0 Å². The van der Waals surface area contributed by atoms with E-state index in [9.17, 15) is 9.90 Å². The van der Waals surface area contributed by atoms with Crippen molar-refractivity contribution in [3.63, 3.8) is 0 Å². The van der Waals surface area contributed by atoms with Crippen molar-refractivity contribution in [1.29, 1.82) is 0 Å². The number of thiocarbonyl (C=S) groups is 1. The van der Waals surface area contributed by atoms with Gasteiger partial charge in [-0.3, -0.25) is 4.79 Å². The van der Waals surface area contributed by atoms with E-state index < -0.39 is 5.92 Å². The standard InChI is InChI=1S/C25H20N2O2S/c28-22-16-8-13-19-20(22)14-7-15-21(19)26-25(30)27-24(29)23(17-9-3-1-4-10-17)18-11-5-2-6-12-18/h1-16,23,28H,(H2,26,27,29,30). The molecule has 0 aliphatic carbocycles. The van der Waals surface area contributed by atoms with Gasteiger partial charge in [0.2, 0.25) is 5.91 Å². The molecular weight excluding hydrogens is 392 g/mol. The minimum Gasteiger partial charge on any atom is -0.507 e. The summed E-state index contributed by atoms with van der Waals surface area (Å²) in [7, 11) is 0. The number of hydrogen-bond donors (Lipinski definition) is 3. The first-order valence-electron chi connectivity index (χ1n) is 9.56. The molecule has 0 spiro atoms. The fourth-order valence-corrected chi connectivity index (χ4v) is 3.74. The number of carbonyl (C=O) groups excluding carboxylic acids is 1. The summed E-state index contributed by atoms with van der Waals surface area (Å²) < 4.78 is 0. The Kier molecular flexibility index (Phi) is 5.72. The summed E-state index contributed by atoms with van der Waals surface area (Å²) in [5.74, 6) is -0.504. The molecule has 0 fully saturated rings. The van der Waals surface area contributed by atoms with Crippen LogP contribution in [0.4, 0.5) is 5.69 Å². The number of aromatic hydroxyl groups is 1. The van der Waals surface area contributed by atoms with Gasteiger partial charge in [0.1, 0.15) is 5.75 Å². The lowest BCUT2D eigenvalue weighted by molar-refractivity contribution is -0.120. The third-order valence-corrected chi connectivity index (χ3v) is 5.12. The highest BCUT2D eigenvalue weighted by atomic mass is 32.1. The molecule has 4 aromatic carbocycles. The summed E-state index contributed by atoms with van der Waals surface area (Å²) in [6.45, 7) is 0. The van der Waals surface area contributed by atoms with Crippen LogP contribution in [0.15, 0.2) is 97.1 Å². The summed E-state index contributed by atoms with van der Waals surface area (Å²) in [5, 5.41) is 17.7. The van der Waals surface area contributed by atoms with Gasteiger partial charge in [-0.1, -0.05) is 84.9 Å². The van der Waals surface area contributed by atoms with E-state index in [1.54, 1.807) is 12.1 Å². The first-order chi connectivity index (χ1) is 14.6. The van der Waals surface area contributed by atoms with Gasteiger partial charge in [-0.25, -0.2) is 0 Å². The number of amides is 1. The smallest absolute Gasteiger partial charge is 0.238 e. The molecule has 0 unspecified atom stereocenters. The van der Waals surface area contributed by atoms with Crippen molar-refractivity contribution in [3.05, 3.63) is 108 Å². The highest BCUT2D eigenvalue weighted by Crippen LogP contribution is 2.30. The molecular formula is C25H20N2O2S. The summed E-state index contributed by atoms with van der Waals surface area (Å²) in [5.41, 5.74) is 2.49. The van der Waals surface area contributed by atoms with Gasteiger partial charge in [0.15, 0.2) is 5.11 Å². The monoisotopic (exact) mass is 412 g/mol. The third kappa shape index (κ3) is 4.16. The summed E-state index contributed by atoms with van der Waals surface area (Å²) in [6.07, 6.45) is 0. The highest BCUT2D eigenvalue weighted by molar-refractivity contribution is 7.80. The summed E-state index contributed by atoms with van der Waals surface area (Å²) in [6, 6.07) is 30.0. The highest BCUT2D eigenvalue weighted by Gasteiger charge is 2.23. The Balaban J connectivity index is 1.58. The topological polar surface area (TPSA) is 61.4 Å². The van der Waals surface area contributed by atoms with E-state index in [1.165, 1.54) is 0 Å². The first-order valence-corrected chi connectivity index (χ1v) is 9.97. The molecule has 4 nitrogen and oxygen atoms in total. The van der Waals surface area contributed by atoms with E-state index >= 15 is 0 Å². The molecule has 0 saturated carbocycles. The number of anilines is 1. The lowest BCUT2D eigenvalue weighted by Crippen LogP contribution is -2.37. The number of phenols is 1. The van der Waals surface area contributed by atoms with Crippen LogP contribution in [-0.2, 0) is 4.79 Å². The molecule has 0 bridgehead atoms. The van der Waals surface area contributed by atoms with Crippen LogP contribution >= 0.6 is 12.2 Å². The molecule has 30 heavy (non-hydrogen) atoms. The van der Waals surface area contributed by atoms with Gasteiger partial charge in [0.05, 0.1) is 5.92 Å². The first kappa shape index (κ1) is 19.6. The predicted molar refractivity (Wildman–Crippen MR) is 125 cm³/mol. The zero-order valence-corrected chi connectivity index (χ0v) is 16.9. The average Bonchev–Trinajstić information content (AvgIpc) is 2.76. The van der Waals surface area contributed by atoms with Gasteiger partial charge in [0, 0.05) is 16.5 Å². The number of carbonyl (C=O) groups is 1. The Morgan fingerprint density at radius 3 is 1.93 bits per heavy atom. The predicted octanol–water partition coefficient (Wildman–Crippen LogP) is 5.19. The number of benzene rings is 4. The molecule has 4 aromatic rings. The van der Waals surface area contributed by atoms with Crippen LogP contribution in [0.3, 0.4) is 0 Å². The van der Waals surface area contributed by atoms with E-state index in [0.717, 1.165) is 16.5 Å². The average molecular weight is 413 g/mol. The second kappa shape index (κ2) is 8.76. The van der Waals surface area contributed by atoms with Gasteiger partial charge in [0.25, 0.3) is 0 Å². The second-order valence-corrected chi connectivity index (χ2v) is 7.28. The van der Waals surface area contributed by atoms with E-state index in [-0.39, 0.29) is 16.8 Å². The molecule has 148 valence electrons. The maximum Gasteiger partial charge on any atom is 0.238 e. The summed E-state index contributed by atoms with van der Waals surface area (Å²) >= 11 is 5.42. The van der Waals surface area contributed by atoms with Crippen LogP contribution < -0.4 is 10.6 Å². The fourth-order valence-electron chi connectivity index (χ4n) is 3.53. The Morgan fingerprint density at radius 2 is 1.30 bits per heavy atom. The second-order valence-electron chi connectivity index (χ2n) is 6.88. The zero-order valence-electron chi connectivity index (χ0n) is 16.1. The molecule has 1 amide bonds. The molecule has 0 aliphatic rings. The molecule has 0 atom stereocenters. The van der Waals surface area contributed by atoms with Gasteiger partial charge < -0.3 is 15.7 Å². The summed E-state index contributed by atoms with van der Waals surface area (Å²) in [4.78, 5) is 13.2. The minimum absolute atomic E-state index is 0.194. The molecule has 0 saturated heterocycles. The normalized spacial score (nSPS) is 10.7. The van der Waals surface area contributed by atoms with Crippen molar-refractivity contribution in [2.45, 2.75) is 5.92 Å². The largest absolute Gasteiger partial charge is 0.507 e. The molecule has 0 heterocycles. The maximum absolute atomic E-state index is 13.2. The van der Waals surface area contributed by atoms with Gasteiger partial charge >= 0.3 is 0 Å². The number of fused-ring (bicyclic) bond motifs is 1. The fraction of sp³-hybridized carbons (Fsp3) is 0.0400. The van der Waals surface area contributed by atoms with Crippen LogP contribution in [0.5, 0.6) is 5.75 Å². The van der Waals surface area contributed by atoms with Crippen molar-refractivity contribution in [2.75, 3.05) is 5.32 Å². The Hall–Kier alpha value is -3.70.